The molecule has 3 aromatic heterocycles. The first-order valence-electron chi connectivity index (χ1n) is 6.16. The van der Waals surface area contributed by atoms with Crippen LogP contribution in [-0.4, -0.2) is 19.5 Å². The third-order valence-electron chi connectivity index (χ3n) is 3.26. The number of aromatic nitrogens is 4. The number of hydrogen-bond acceptors (Lipinski definition) is 4. The van der Waals surface area contributed by atoms with Crippen molar-refractivity contribution in [2.75, 3.05) is 0 Å². The Hall–Kier alpha value is -2.89. The van der Waals surface area contributed by atoms with E-state index >= 15 is 0 Å². The average Bonchev–Trinajstić information content (AvgIpc) is 3.05. The van der Waals surface area contributed by atoms with E-state index in [0.717, 1.165) is 16.7 Å². The molecule has 4 aromatic rings. The predicted molar refractivity (Wildman–Crippen MR) is 73.6 cm³/mol. The van der Waals surface area contributed by atoms with E-state index < -0.39 is 0 Å². The van der Waals surface area contributed by atoms with E-state index in [1.165, 1.54) is 0 Å². The molecule has 0 saturated heterocycles. The molecule has 0 aliphatic heterocycles. The van der Waals surface area contributed by atoms with Crippen LogP contribution < -0.4 is 5.56 Å². The minimum Gasteiger partial charge on any atom is -0.354 e. The van der Waals surface area contributed by atoms with Gasteiger partial charge in [-0.25, -0.2) is 4.98 Å². The molecule has 1 aromatic carbocycles. The lowest BCUT2D eigenvalue weighted by molar-refractivity contribution is 0.426. The molecule has 0 saturated carbocycles. The van der Waals surface area contributed by atoms with Gasteiger partial charge in [-0.2, -0.15) is 0 Å². The highest BCUT2D eigenvalue weighted by molar-refractivity contribution is 5.83. The van der Waals surface area contributed by atoms with Crippen LogP contribution in [0.25, 0.3) is 28.0 Å². The maximum atomic E-state index is 12.3. The number of para-hydroxylation sites is 2. The summed E-state index contributed by atoms with van der Waals surface area (Å²) in [6, 6.07) is 9.33. The largest absolute Gasteiger partial charge is 0.354 e. The lowest BCUT2D eigenvalue weighted by Gasteiger charge is -2.01. The molecule has 0 radical (unpaired) electrons. The molecule has 0 aliphatic rings. The maximum Gasteiger partial charge on any atom is 0.275 e. The minimum atomic E-state index is -0.203. The number of hydrogen-bond donors (Lipinski definition) is 1. The molecule has 3 heterocycles. The van der Waals surface area contributed by atoms with Crippen molar-refractivity contribution < 1.29 is 4.52 Å². The summed E-state index contributed by atoms with van der Waals surface area (Å²) < 4.78 is 6.97. The first-order chi connectivity index (χ1) is 9.74. The van der Waals surface area contributed by atoms with E-state index in [-0.39, 0.29) is 5.56 Å². The smallest absolute Gasteiger partial charge is 0.275 e. The number of nitrogens with zero attached hydrogens (tertiary/aromatic N) is 3. The van der Waals surface area contributed by atoms with E-state index in [4.69, 9.17) is 4.52 Å². The van der Waals surface area contributed by atoms with E-state index in [9.17, 15) is 4.79 Å². The molecular weight excluding hydrogens is 256 g/mol. The van der Waals surface area contributed by atoms with Crippen molar-refractivity contribution in [1.29, 1.82) is 0 Å². The Balaban J connectivity index is 2.15. The molecule has 1 N–H and O–H groups in total. The van der Waals surface area contributed by atoms with Crippen molar-refractivity contribution in [2.24, 2.45) is 0 Å². The third kappa shape index (κ3) is 1.41. The molecule has 0 atom stereocenters. The summed E-state index contributed by atoms with van der Waals surface area (Å²) in [4.78, 5) is 19.4. The van der Waals surface area contributed by atoms with Gasteiger partial charge < -0.3 is 9.51 Å². The second-order valence-corrected chi connectivity index (χ2v) is 4.62. The lowest BCUT2D eigenvalue weighted by Crippen LogP contribution is -2.10. The van der Waals surface area contributed by atoms with Gasteiger partial charge in [0.05, 0.1) is 16.7 Å². The molecule has 6 heteroatoms. The summed E-state index contributed by atoms with van der Waals surface area (Å²) in [5, 5.41) is 3.83. The molecule has 0 spiro atoms. The molecule has 0 unspecified atom stereocenters. The molecule has 0 fully saturated rings. The Morgan fingerprint density at radius 2 is 2.15 bits per heavy atom. The van der Waals surface area contributed by atoms with Crippen molar-refractivity contribution in [3.8, 4) is 11.5 Å². The molecule has 4 rings (SSSR count). The van der Waals surface area contributed by atoms with Gasteiger partial charge in [-0.1, -0.05) is 17.3 Å². The Morgan fingerprint density at radius 3 is 2.95 bits per heavy atom. The number of rotatable bonds is 1. The second-order valence-electron chi connectivity index (χ2n) is 4.62. The van der Waals surface area contributed by atoms with Crippen LogP contribution in [0, 0.1) is 6.92 Å². The van der Waals surface area contributed by atoms with Crippen LogP contribution in [0.5, 0.6) is 0 Å². The monoisotopic (exact) mass is 266 g/mol. The normalized spacial score (nSPS) is 11.4. The zero-order chi connectivity index (χ0) is 13.7. The zero-order valence-corrected chi connectivity index (χ0v) is 10.6. The van der Waals surface area contributed by atoms with E-state index in [1.54, 1.807) is 16.8 Å². The molecule has 0 amide bonds. The Bertz CT molecular complexity index is 993. The van der Waals surface area contributed by atoms with E-state index in [1.807, 2.05) is 31.2 Å². The van der Waals surface area contributed by atoms with Crippen molar-refractivity contribution in [2.45, 2.75) is 6.92 Å². The van der Waals surface area contributed by atoms with Gasteiger partial charge in [-0.15, -0.1) is 0 Å². The van der Waals surface area contributed by atoms with Gasteiger partial charge in [-0.3, -0.25) is 9.20 Å². The van der Waals surface area contributed by atoms with E-state index in [2.05, 4.69) is 15.1 Å². The fourth-order valence-corrected chi connectivity index (χ4v) is 2.37. The third-order valence-corrected chi connectivity index (χ3v) is 3.26. The van der Waals surface area contributed by atoms with Crippen LogP contribution in [0.2, 0.25) is 0 Å². The van der Waals surface area contributed by atoms with Crippen molar-refractivity contribution >= 4 is 16.6 Å². The molecule has 0 bridgehead atoms. The molecular formula is C14H10N4O2. The highest BCUT2D eigenvalue weighted by Crippen LogP contribution is 2.23. The van der Waals surface area contributed by atoms with Crippen LogP contribution in [0.15, 0.2) is 46.0 Å². The number of benzene rings is 1. The maximum absolute atomic E-state index is 12.3. The summed E-state index contributed by atoms with van der Waals surface area (Å²) in [7, 11) is 0. The second kappa shape index (κ2) is 3.80. The number of aromatic amines is 1. The standard InChI is InChI=1S/C14H10N4O2/c1-8-6-11(20-17-8)12-13-14(19)16-9-4-2-3-5-10(9)18(13)7-15-12/h2-7H,1H3,(H,16,19). The first kappa shape index (κ1) is 11.0. The lowest BCUT2D eigenvalue weighted by atomic mass is 10.2. The number of fused-ring (bicyclic) bond motifs is 3. The van der Waals surface area contributed by atoms with Crippen LogP contribution in [0.3, 0.4) is 0 Å². The Labute approximate surface area is 112 Å². The van der Waals surface area contributed by atoms with Gasteiger partial charge in [0, 0.05) is 6.07 Å². The molecule has 98 valence electrons. The Morgan fingerprint density at radius 1 is 1.30 bits per heavy atom. The summed E-state index contributed by atoms with van der Waals surface area (Å²) in [6.45, 7) is 1.82. The molecule has 0 aliphatic carbocycles. The van der Waals surface area contributed by atoms with Crippen molar-refractivity contribution in [3.63, 3.8) is 0 Å². The van der Waals surface area contributed by atoms with Gasteiger partial charge in [-0.05, 0) is 19.1 Å². The van der Waals surface area contributed by atoms with Gasteiger partial charge in [0.1, 0.15) is 17.5 Å². The Kier molecular flexibility index (Phi) is 2.09. The van der Waals surface area contributed by atoms with Crippen LogP contribution in [0.4, 0.5) is 0 Å². The SMILES string of the molecule is Cc1cc(-c2ncn3c2c(=O)[nH]c2ccccc23)on1. The van der Waals surface area contributed by atoms with Crippen molar-refractivity contribution in [3.05, 3.63) is 52.7 Å². The quantitative estimate of drug-likeness (QED) is 0.572. The topological polar surface area (TPSA) is 76.2 Å². The van der Waals surface area contributed by atoms with Gasteiger partial charge in [0.25, 0.3) is 5.56 Å². The summed E-state index contributed by atoms with van der Waals surface area (Å²) in [6.07, 6.45) is 1.63. The van der Waals surface area contributed by atoms with Crippen LogP contribution in [0.1, 0.15) is 5.69 Å². The summed E-state index contributed by atoms with van der Waals surface area (Å²) in [5.41, 5.74) is 3.15. The van der Waals surface area contributed by atoms with Crippen molar-refractivity contribution in [1.82, 2.24) is 19.5 Å². The van der Waals surface area contributed by atoms with Crippen LogP contribution in [-0.2, 0) is 0 Å². The number of H-pyrrole nitrogens is 1. The van der Waals surface area contributed by atoms with Gasteiger partial charge >= 0.3 is 0 Å². The number of nitrogens with one attached hydrogen (secondary N) is 1. The van der Waals surface area contributed by atoms with E-state index in [0.29, 0.717) is 17.0 Å². The number of aryl methyl sites for hydroxylation is 1. The fourth-order valence-electron chi connectivity index (χ4n) is 2.37. The van der Waals surface area contributed by atoms with Gasteiger partial charge in [0.2, 0.25) is 0 Å². The molecule has 6 nitrogen and oxygen atoms in total. The highest BCUT2D eigenvalue weighted by atomic mass is 16.5. The van der Waals surface area contributed by atoms with Crippen LogP contribution >= 0.6 is 0 Å². The summed E-state index contributed by atoms with van der Waals surface area (Å²) >= 11 is 0. The predicted octanol–water partition coefficient (Wildman–Crippen LogP) is 2.14. The summed E-state index contributed by atoms with van der Waals surface area (Å²) in [5.74, 6) is 0.491. The molecule has 20 heavy (non-hydrogen) atoms. The van der Waals surface area contributed by atoms with Gasteiger partial charge in [0.15, 0.2) is 5.76 Å². The number of imidazole rings is 1. The fraction of sp³-hybridized carbons (Fsp3) is 0.0714. The minimum absolute atomic E-state index is 0.203. The highest BCUT2D eigenvalue weighted by Gasteiger charge is 2.16. The average molecular weight is 266 g/mol. The zero-order valence-electron chi connectivity index (χ0n) is 10.6. The first-order valence-corrected chi connectivity index (χ1v) is 6.16.